The Balaban J connectivity index is 2.36. The number of halogens is 1. The van der Waals surface area contributed by atoms with Gasteiger partial charge in [-0.15, -0.1) is 0 Å². The van der Waals surface area contributed by atoms with Crippen molar-refractivity contribution in [3.05, 3.63) is 29.6 Å². The van der Waals surface area contributed by atoms with Gasteiger partial charge in [-0.3, -0.25) is 0 Å². The fourth-order valence-corrected chi connectivity index (χ4v) is 1.56. The molecule has 0 aliphatic rings. The number of carbonyl (C=O) groups is 1. The van der Waals surface area contributed by atoms with Crippen molar-refractivity contribution in [3.63, 3.8) is 0 Å². The largest absolute Gasteiger partial charge is 0.478 e. The average molecular weight is 255 g/mol. The topological polar surface area (TPSA) is 58.6 Å². The summed E-state index contributed by atoms with van der Waals surface area (Å²) in [5, 5.41) is 11.6. The number of ether oxygens (including phenoxy) is 1. The van der Waals surface area contributed by atoms with Crippen LogP contribution in [0.1, 0.15) is 29.6 Å². The van der Waals surface area contributed by atoms with Gasteiger partial charge in [-0.1, -0.05) is 0 Å². The minimum Gasteiger partial charge on any atom is -0.478 e. The molecule has 0 radical (unpaired) electrons. The van der Waals surface area contributed by atoms with Gasteiger partial charge in [-0.05, 0) is 37.5 Å². The summed E-state index contributed by atoms with van der Waals surface area (Å²) in [7, 11) is 1.66. The number of aromatic carboxylic acids is 1. The molecule has 0 unspecified atom stereocenters. The maximum Gasteiger partial charge on any atom is 0.335 e. The minimum atomic E-state index is -1.12. The van der Waals surface area contributed by atoms with Crippen molar-refractivity contribution in [1.29, 1.82) is 0 Å². The number of carboxylic acid groups (broad SMARTS) is 1. The number of anilines is 1. The Kier molecular flexibility index (Phi) is 6.14. The van der Waals surface area contributed by atoms with Crippen molar-refractivity contribution in [2.24, 2.45) is 0 Å². The maximum absolute atomic E-state index is 13.5. The predicted molar refractivity (Wildman–Crippen MR) is 67.6 cm³/mol. The molecule has 0 amide bonds. The van der Waals surface area contributed by atoms with Crippen molar-refractivity contribution >= 4 is 11.7 Å². The molecular formula is C13H18FNO3. The molecule has 0 aliphatic carbocycles. The molecule has 0 bridgehead atoms. The SMILES string of the molecule is COCCCCCNc1ccc(C(=O)O)cc1F. The van der Waals surface area contributed by atoms with Gasteiger partial charge < -0.3 is 15.2 Å². The maximum atomic E-state index is 13.5. The molecule has 1 rings (SSSR count). The summed E-state index contributed by atoms with van der Waals surface area (Å²) in [4.78, 5) is 10.6. The lowest BCUT2D eigenvalue weighted by atomic mass is 10.2. The molecule has 0 atom stereocenters. The Labute approximate surface area is 106 Å². The smallest absolute Gasteiger partial charge is 0.335 e. The first kappa shape index (κ1) is 14.4. The molecule has 18 heavy (non-hydrogen) atoms. The first-order valence-corrected chi connectivity index (χ1v) is 5.91. The Hall–Kier alpha value is -1.62. The van der Waals surface area contributed by atoms with Crippen LogP contribution >= 0.6 is 0 Å². The molecule has 1 aromatic carbocycles. The third-order valence-electron chi connectivity index (χ3n) is 2.56. The highest BCUT2D eigenvalue weighted by atomic mass is 19.1. The van der Waals surface area contributed by atoms with Gasteiger partial charge in [0.2, 0.25) is 0 Å². The van der Waals surface area contributed by atoms with E-state index in [1.807, 2.05) is 0 Å². The number of hydrogen-bond donors (Lipinski definition) is 2. The Morgan fingerprint density at radius 3 is 2.78 bits per heavy atom. The van der Waals surface area contributed by atoms with Crippen molar-refractivity contribution in [1.82, 2.24) is 0 Å². The summed E-state index contributed by atoms with van der Waals surface area (Å²) in [6.45, 7) is 1.40. The molecule has 100 valence electrons. The van der Waals surface area contributed by atoms with Crippen LogP contribution < -0.4 is 5.32 Å². The number of hydrogen-bond acceptors (Lipinski definition) is 3. The van der Waals surface area contributed by atoms with Crippen LogP contribution in [0.2, 0.25) is 0 Å². The van der Waals surface area contributed by atoms with E-state index in [4.69, 9.17) is 9.84 Å². The third kappa shape index (κ3) is 4.71. The molecule has 0 fully saturated rings. The van der Waals surface area contributed by atoms with Gasteiger partial charge >= 0.3 is 5.97 Å². The zero-order chi connectivity index (χ0) is 13.4. The quantitative estimate of drug-likeness (QED) is 0.701. The summed E-state index contributed by atoms with van der Waals surface area (Å²) in [5.41, 5.74) is 0.296. The summed E-state index contributed by atoms with van der Waals surface area (Å²) in [5.74, 6) is -1.66. The van der Waals surface area contributed by atoms with Crippen LogP contribution in [-0.4, -0.2) is 31.3 Å². The highest BCUT2D eigenvalue weighted by molar-refractivity contribution is 5.88. The molecule has 0 spiro atoms. The molecule has 1 aromatic rings. The lowest BCUT2D eigenvalue weighted by Crippen LogP contribution is -2.05. The van der Waals surface area contributed by atoms with Crippen LogP contribution in [0.5, 0.6) is 0 Å². The van der Waals surface area contributed by atoms with Crippen LogP contribution in [0.4, 0.5) is 10.1 Å². The molecule has 0 saturated heterocycles. The lowest BCUT2D eigenvalue weighted by Gasteiger charge is -2.08. The van der Waals surface area contributed by atoms with Crippen molar-refractivity contribution in [3.8, 4) is 0 Å². The van der Waals surface area contributed by atoms with Gasteiger partial charge in [0.05, 0.1) is 11.3 Å². The highest BCUT2D eigenvalue weighted by Crippen LogP contribution is 2.16. The first-order chi connectivity index (χ1) is 8.65. The molecule has 2 N–H and O–H groups in total. The molecule has 0 saturated carbocycles. The normalized spacial score (nSPS) is 10.3. The van der Waals surface area contributed by atoms with E-state index in [-0.39, 0.29) is 5.56 Å². The monoisotopic (exact) mass is 255 g/mol. The van der Waals surface area contributed by atoms with E-state index >= 15 is 0 Å². The van der Waals surface area contributed by atoms with Crippen molar-refractivity contribution in [2.75, 3.05) is 25.6 Å². The Morgan fingerprint density at radius 1 is 1.39 bits per heavy atom. The molecule has 0 aromatic heterocycles. The fraction of sp³-hybridized carbons (Fsp3) is 0.462. The van der Waals surface area contributed by atoms with E-state index in [1.54, 1.807) is 7.11 Å². The van der Waals surface area contributed by atoms with Crippen molar-refractivity contribution in [2.45, 2.75) is 19.3 Å². The van der Waals surface area contributed by atoms with Gasteiger partial charge in [0, 0.05) is 20.3 Å². The fourth-order valence-electron chi connectivity index (χ4n) is 1.56. The van der Waals surface area contributed by atoms with E-state index in [2.05, 4.69) is 5.32 Å². The standard InChI is InChI=1S/C13H18FNO3/c1-18-8-4-2-3-7-15-12-6-5-10(13(16)17)9-11(12)14/h5-6,9,15H,2-4,7-8H2,1H3,(H,16,17). The third-order valence-corrected chi connectivity index (χ3v) is 2.56. The van der Waals surface area contributed by atoms with Crippen LogP contribution in [-0.2, 0) is 4.74 Å². The Morgan fingerprint density at radius 2 is 2.17 bits per heavy atom. The number of unbranched alkanes of at least 4 members (excludes halogenated alkanes) is 2. The van der Waals surface area contributed by atoms with Crippen molar-refractivity contribution < 1.29 is 19.0 Å². The Bertz CT molecular complexity index is 396. The summed E-state index contributed by atoms with van der Waals surface area (Å²) < 4.78 is 18.4. The van der Waals surface area contributed by atoms with Crippen LogP contribution in [0, 0.1) is 5.82 Å². The number of rotatable bonds is 8. The highest BCUT2D eigenvalue weighted by Gasteiger charge is 2.07. The van der Waals surface area contributed by atoms with E-state index in [1.165, 1.54) is 12.1 Å². The second-order valence-corrected chi connectivity index (χ2v) is 3.98. The van der Waals surface area contributed by atoms with Crippen LogP contribution in [0.3, 0.4) is 0 Å². The minimum absolute atomic E-state index is 0.0434. The van der Waals surface area contributed by atoms with Crippen LogP contribution in [0.25, 0.3) is 0 Å². The van der Waals surface area contributed by atoms with Gasteiger partial charge in [-0.2, -0.15) is 0 Å². The van der Waals surface area contributed by atoms with Gasteiger partial charge in [0.25, 0.3) is 0 Å². The lowest BCUT2D eigenvalue weighted by molar-refractivity contribution is 0.0696. The average Bonchev–Trinajstić information content (AvgIpc) is 2.35. The zero-order valence-corrected chi connectivity index (χ0v) is 10.4. The zero-order valence-electron chi connectivity index (χ0n) is 10.4. The number of nitrogens with one attached hydrogen (secondary N) is 1. The number of carboxylic acids is 1. The van der Waals surface area contributed by atoms with Gasteiger partial charge in [0.1, 0.15) is 5.82 Å². The summed E-state index contributed by atoms with van der Waals surface area (Å²) >= 11 is 0. The molecule has 0 heterocycles. The van der Waals surface area contributed by atoms with E-state index < -0.39 is 11.8 Å². The van der Waals surface area contributed by atoms with E-state index in [0.717, 1.165) is 31.9 Å². The van der Waals surface area contributed by atoms with Crippen LogP contribution in [0.15, 0.2) is 18.2 Å². The molecular weight excluding hydrogens is 237 g/mol. The summed E-state index contributed by atoms with van der Waals surface area (Å²) in [6, 6.07) is 3.86. The number of methoxy groups -OCH3 is 1. The van der Waals surface area contributed by atoms with Gasteiger partial charge in [-0.25, -0.2) is 9.18 Å². The molecule has 4 nitrogen and oxygen atoms in total. The van der Waals surface area contributed by atoms with E-state index in [0.29, 0.717) is 12.2 Å². The predicted octanol–water partition coefficient (Wildman–Crippen LogP) is 2.75. The molecule has 5 heteroatoms. The summed E-state index contributed by atoms with van der Waals surface area (Å²) in [6.07, 6.45) is 2.91. The van der Waals surface area contributed by atoms with Gasteiger partial charge in [0.15, 0.2) is 0 Å². The molecule has 0 aliphatic heterocycles. The second kappa shape index (κ2) is 7.66. The second-order valence-electron chi connectivity index (χ2n) is 3.98. The van der Waals surface area contributed by atoms with E-state index in [9.17, 15) is 9.18 Å². The number of benzene rings is 1. The first-order valence-electron chi connectivity index (χ1n) is 5.91.